The Bertz CT molecular complexity index is 358. The maximum absolute atomic E-state index is 4.07. The molecule has 1 aromatic heterocycles. The average Bonchev–Trinajstić information content (AvgIpc) is 2.62. The molecule has 0 aromatic carbocycles. The van der Waals surface area contributed by atoms with Crippen LogP contribution in [0.15, 0.2) is 24.8 Å². The summed E-state index contributed by atoms with van der Waals surface area (Å²) < 4.78 is 0. The highest BCUT2D eigenvalue weighted by molar-refractivity contribution is 5.68. The van der Waals surface area contributed by atoms with Crippen molar-refractivity contribution in [3.63, 3.8) is 0 Å². The van der Waals surface area contributed by atoms with Crippen molar-refractivity contribution in [2.24, 2.45) is 5.92 Å². The second-order valence-electron chi connectivity index (χ2n) is 4.06. The van der Waals surface area contributed by atoms with Crippen LogP contribution in [-0.4, -0.2) is 22.6 Å². The van der Waals surface area contributed by atoms with Gasteiger partial charge in [-0.1, -0.05) is 6.08 Å². The molecule has 2 heterocycles. The van der Waals surface area contributed by atoms with Gasteiger partial charge in [-0.05, 0) is 24.3 Å². The van der Waals surface area contributed by atoms with Crippen molar-refractivity contribution in [2.45, 2.75) is 18.9 Å². The van der Waals surface area contributed by atoms with E-state index in [-0.39, 0.29) is 0 Å². The first-order valence-electron chi connectivity index (χ1n) is 5.12. The van der Waals surface area contributed by atoms with E-state index in [1.165, 1.54) is 17.6 Å². The minimum Gasteiger partial charge on any atom is -0.313 e. The highest BCUT2D eigenvalue weighted by Gasteiger charge is 2.30. The quantitative estimate of drug-likeness (QED) is 0.718. The Morgan fingerprint density at radius 1 is 1.29 bits per heavy atom. The fourth-order valence-electron chi connectivity index (χ4n) is 2.47. The molecule has 0 amide bonds. The standard InChI is InChI=1S/C11H13N3/c1-2-11(8-3-10(1)14-6-8)9-4-12-7-13-5-9/h2,4-5,7-8,10,14H,1,3,6H2. The lowest BCUT2D eigenvalue weighted by molar-refractivity contribution is 0.593. The first-order valence-corrected chi connectivity index (χ1v) is 5.12. The highest BCUT2D eigenvalue weighted by atomic mass is 15.0. The van der Waals surface area contributed by atoms with Crippen molar-refractivity contribution in [2.75, 3.05) is 6.54 Å². The van der Waals surface area contributed by atoms with Crippen LogP contribution < -0.4 is 5.32 Å². The summed E-state index contributed by atoms with van der Waals surface area (Å²) in [5, 5.41) is 3.53. The summed E-state index contributed by atoms with van der Waals surface area (Å²) in [6.07, 6.45) is 10.2. The topological polar surface area (TPSA) is 37.8 Å². The van der Waals surface area contributed by atoms with E-state index in [0.717, 1.165) is 13.0 Å². The van der Waals surface area contributed by atoms with Crippen molar-refractivity contribution in [1.29, 1.82) is 0 Å². The van der Waals surface area contributed by atoms with E-state index >= 15 is 0 Å². The summed E-state index contributed by atoms with van der Waals surface area (Å²) in [6, 6.07) is 0.716. The molecule has 0 saturated carbocycles. The maximum atomic E-state index is 4.07. The zero-order valence-corrected chi connectivity index (χ0v) is 7.98. The van der Waals surface area contributed by atoms with E-state index in [1.807, 2.05) is 12.4 Å². The second kappa shape index (κ2) is 3.17. The van der Waals surface area contributed by atoms with Gasteiger partial charge in [-0.3, -0.25) is 0 Å². The summed E-state index contributed by atoms with van der Waals surface area (Å²) in [4.78, 5) is 8.14. The fraction of sp³-hybridized carbons (Fsp3) is 0.455. The molecule has 1 N–H and O–H groups in total. The van der Waals surface area contributed by atoms with Gasteiger partial charge in [0.15, 0.2) is 0 Å². The van der Waals surface area contributed by atoms with Crippen LogP contribution in [-0.2, 0) is 0 Å². The molecule has 3 nitrogen and oxygen atoms in total. The van der Waals surface area contributed by atoms with Crippen molar-refractivity contribution in [3.8, 4) is 0 Å². The molecule has 72 valence electrons. The lowest BCUT2D eigenvalue weighted by atomic mass is 9.86. The molecule has 2 atom stereocenters. The number of aromatic nitrogens is 2. The molecule has 2 bridgehead atoms. The van der Waals surface area contributed by atoms with E-state index in [4.69, 9.17) is 0 Å². The summed E-state index contributed by atoms with van der Waals surface area (Å²) in [7, 11) is 0. The molecule has 0 radical (unpaired) electrons. The minimum atomic E-state index is 0.680. The van der Waals surface area contributed by atoms with Gasteiger partial charge in [0.05, 0.1) is 0 Å². The van der Waals surface area contributed by atoms with Crippen molar-refractivity contribution >= 4 is 5.57 Å². The van der Waals surface area contributed by atoms with Crippen LogP contribution in [0.4, 0.5) is 0 Å². The van der Waals surface area contributed by atoms with Gasteiger partial charge in [0.1, 0.15) is 6.33 Å². The molecule has 1 aliphatic heterocycles. The number of hydrogen-bond donors (Lipinski definition) is 1. The predicted molar refractivity (Wildman–Crippen MR) is 54.5 cm³/mol. The number of fused-ring (bicyclic) bond motifs is 2. The van der Waals surface area contributed by atoms with Gasteiger partial charge in [0, 0.05) is 30.5 Å². The summed E-state index contributed by atoms with van der Waals surface area (Å²) in [5.41, 5.74) is 2.63. The van der Waals surface area contributed by atoms with Crippen LogP contribution in [0, 0.1) is 5.92 Å². The highest BCUT2D eigenvalue weighted by Crippen LogP contribution is 2.35. The summed E-state index contributed by atoms with van der Waals surface area (Å²) in [5.74, 6) is 0.680. The first-order chi connectivity index (χ1) is 6.93. The molecule has 1 aliphatic carbocycles. The average molecular weight is 187 g/mol. The summed E-state index contributed by atoms with van der Waals surface area (Å²) >= 11 is 0. The van der Waals surface area contributed by atoms with Crippen LogP contribution in [0.3, 0.4) is 0 Å². The Morgan fingerprint density at radius 2 is 2.14 bits per heavy atom. The molecule has 3 rings (SSSR count). The molecule has 0 spiro atoms. The molecule has 1 aromatic rings. The van der Waals surface area contributed by atoms with E-state index in [9.17, 15) is 0 Å². The zero-order valence-electron chi connectivity index (χ0n) is 7.98. The third-order valence-corrected chi connectivity index (χ3v) is 3.18. The number of rotatable bonds is 1. The fourth-order valence-corrected chi connectivity index (χ4v) is 2.47. The van der Waals surface area contributed by atoms with Gasteiger partial charge in [0.2, 0.25) is 0 Å². The minimum absolute atomic E-state index is 0.680. The van der Waals surface area contributed by atoms with Crippen molar-refractivity contribution in [3.05, 3.63) is 30.4 Å². The largest absolute Gasteiger partial charge is 0.313 e. The van der Waals surface area contributed by atoms with Gasteiger partial charge in [-0.2, -0.15) is 0 Å². The van der Waals surface area contributed by atoms with Crippen LogP contribution in [0.1, 0.15) is 18.4 Å². The van der Waals surface area contributed by atoms with Crippen LogP contribution in [0.25, 0.3) is 5.57 Å². The molecule has 2 aliphatic rings. The molecular weight excluding hydrogens is 174 g/mol. The predicted octanol–water partition coefficient (Wildman–Crippen LogP) is 1.24. The molecule has 1 fully saturated rings. The summed E-state index contributed by atoms with van der Waals surface area (Å²) in [6.45, 7) is 1.12. The van der Waals surface area contributed by atoms with E-state index in [0.29, 0.717) is 12.0 Å². The van der Waals surface area contributed by atoms with Gasteiger partial charge < -0.3 is 5.32 Å². The van der Waals surface area contributed by atoms with Crippen molar-refractivity contribution < 1.29 is 0 Å². The smallest absolute Gasteiger partial charge is 0.115 e. The van der Waals surface area contributed by atoms with E-state index < -0.39 is 0 Å². The normalized spacial score (nSPS) is 30.1. The van der Waals surface area contributed by atoms with Crippen LogP contribution in [0.2, 0.25) is 0 Å². The Morgan fingerprint density at radius 3 is 3.00 bits per heavy atom. The monoisotopic (exact) mass is 187 g/mol. The number of nitrogens with one attached hydrogen (secondary N) is 1. The molecule has 2 unspecified atom stereocenters. The van der Waals surface area contributed by atoms with Gasteiger partial charge >= 0.3 is 0 Å². The first kappa shape index (κ1) is 8.12. The Labute approximate surface area is 83.3 Å². The lowest BCUT2D eigenvalue weighted by Gasteiger charge is -2.18. The van der Waals surface area contributed by atoms with Crippen LogP contribution in [0.5, 0.6) is 0 Å². The van der Waals surface area contributed by atoms with Gasteiger partial charge in [-0.25, -0.2) is 9.97 Å². The third-order valence-electron chi connectivity index (χ3n) is 3.18. The lowest BCUT2D eigenvalue weighted by Crippen LogP contribution is -2.19. The second-order valence-corrected chi connectivity index (χ2v) is 4.06. The molecule has 3 heteroatoms. The molecular formula is C11H13N3. The number of hydrogen-bond acceptors (Lipinski definition) is 3. The Kier molecular flexibility index (Phi) is 1.84. The van der Waals surface area contributed by atoms with Gasteiger partial charge in [-0.15, -0.1) is 0 Å². The maximum Gasteiger partial charge on any atom is 0.115 e. The molecule has 14 heavy (non-hydrogen) atoms. The van der Waals surface area contributed by atoms with E-state index in [1.54, 1.807) is 6.33 Å². The van der Waals surface area contributed by atoms with Crippen molar-refractivity contribution in [1.82, 2.24) is 15.3 Å². The molecule has 1 saturated heterocycles. The van der Waals surface area contributed by atoms with Gasteiger partial charge in [0.25, 0.3) is 0 Å². The Hall–Kier alpha value is -1.22. The SMILES string of the molecule is C1=C(c2cncnc2)C2CNC(C1)C2. The van der Waals surface area contributed by atoms with E-state index in [2.05, 4.69) is 21.4 Å². The third kappa shape index (κ3) is 1.24. The number of nitrogens with zero attached hydrogens (tertiary/aromatic N) is 2. The van der Waals surface area contributed by atoms with Crippen LogP contribution >= 0.6 is 0 Å². The zero-order chi connectivity index (χ0) is 9.38. The Balaban J connectivity index is 1.96.